The largest absolute Gasteiger partial charge is 0.494 e. The number of amides is 1. The number of nitrogens with zero attached hydrogens (tertiary/aromatic N) is 3. The quantitative estimate of drug-likeness (QED) is 0.256. The Morgan fingerprint density at radius 1 is 1.03 bits per heavy atom. The molecule has 1 fully saturated rings. The zero-order chi connectivity index (χ0) is 28.0. The van der Waals surface area contributed by atoms with Gasteiger partial charge in [-0.3, -0.25) is 19.4 Å². The number of rotatable bonds is 11. The van der Waals surface area contributed by atoms with E-state index in [0.29, 0.717) is 25.9 Å². The molecular weight excluding hydrogens is 514 g/mol. The molecule has 0 spiro atoms. The average Bonchev–Trinajstić information content (AvgIpc) is 2.94. The first kappa shape index (κ1) is 29.2. The summed E-state index contributed by atoms with van der Waals surface area (Å²) in [7, 11) is 0. The molecule has 2 aromatic rings. The lowest BCUT2D eigenvalue weighted by Crippen LogP contribution is -2.46. The van der Waals surface area contributed by atoms with Gasteiger partial charge in [0.2, 0.25) is 5.91 Å². The molecule has 0 aromatic heterocycles. The molecule has 39 heavy (non-hydrogen) atoms. The van der Waals surface area contributed by atoms with E-state index >= 15 is 0 Å². The summed E-state index contributed by atoms with van der Waals surface area (Å²) < 4.78 is 11.6. The number of piperazine rings is 1. The summed E-state index contributed by atoms with van der Waals surface area (Å²) in [6, 6.07) is 12.1. The van der Waals surface area contributed by atoms with E-state index < -0.39 is 5.41 Å². The second-order valence-corrected chi connectivity index (χ2v) is 11.6. The molecule has 2 heterocycles. The van der Waals surface area contributed by atoms with Crippen LogP contribution in [0.2, 0.25) is 5.02 Å². The number of carbonyl (C=O) groups excluding carboxylic acids is 2. The number of fused-ring (bicyclic) bond motifs is 1. The van der Waals surface area contributed by atoms with Crippen molar-refractivity contribution in [3.05, 3.63) is 52.5 Å². The molecule has 8 heteroatoms. The molecular formula is C31H42ClN3O4. The summed E-state index contributed by atoms with van der Waals surface area (Å²) in [5.74, 6) is 0.404. The third-order valence-electron chi connectivity index (χ3n) is 8.04. The van der Waals surface area contributed by atoms with E-state index in [1.165, 1.54) is 0 Å². The molecule has 2 aromatic carbocycles. The van der Waals surface area contributed by atoms with Gasteiger partial charge in [0.05, 0.1) is 28.4 Å². The summed E-state index contributed by atoms with van der Waals surface area (Å²) in [5, 5.41) is 0.860. The Kier molecular flexibility index (Phi) is 9.78. The van der Waals surface area contributed by atoms with Crippen molar-refractivity contribution in [3.63, 3.8) is 0 Å². The van der Waals surface area contributed by atoms with Crippen molar-refractivity contribution in [2.75, 3.05) is 55.9 Å². The number of unbranched alkanes of at least 4 members (excludes halogenated alkanes) is 1. The Morgan fingerprint density at radius 2 is 1.79 bits per heavy atom. The molecule has 7 nitrogen and oxygen atoms in total. The summed E-state index contributed by atoms with van der Waals surface area (Å²) in [5.41, 5.74) is 3.53. The van der Waals surface area contributed by atoms with Crippen molar-refractivity contribution in [3.8, 4) is 5.75 Å². The van der Waals surface area contributed by atoms with Crippen molar-refractivity contribution in [2.45, 2.75) is 59.8 Å². The van der Waals surface area contributed by atoms with Gasteiger partial charge in [0.1, 0.15) is 5.75 Å². The minimum Gasteiger partial charge on any atom is -0.494 e. The summed E-state index contributed by atoms with van der Waals surface area (Å²) >= 11 is 6.53. The fourth-order valence-corrected chi connectivity index (χ4v) is 5.17. The van der Waals surface area contributed by atoms with Crippen LogP contribution in [0.1, 0.15) is 57.6 Å². The van der Waals surface area contributed by atoms with E-state index in [9.17, 15) is 9.59 Å². The van der Waals surface area contributed by atoms with Gasteiger partial charge in [0.15, 0.2) is 6.73 Å². The van der Waals surface area contributed by atoms with Crippen LogP contribution < -0.4 is 14.5 Å². The van der Waals surface area contributed by atoms with Crippen molar-refractivity contribution in [1.82, 2.24) is 4.90 Å². The maximum Gasteiger partial charge on any atom is 0.313 e. The van der Waals surface area contributed by atoms with Crippen molar-refractivity contribution >= 4 is 34.9 Å². The van der Waals surface area contributed by atoms with Crippen LogP contribution in [0.25, 0.3) is 0 Å². The molecule has 212 valence electrons. The number of hydrogen-bond donors (Lipinski definition) is 0. The Labute approximate surface area is 238 Å². The molecule has 1 saturated heterocycles. The number of esters is 1. The number of anilines is 2. The predicted octanol–water partition coefficient (Wildman–Crippen LogP) is 5.85. The lowest BCUT2D eigenvalue weighted by molar-refractivity contribution is -0.154. The second kappa shape index (κ2) is 13.1. The van der Waals surface area contributed by atoms with Crippen LogP contribution in [0.15, 0.2) is 36.4 Å². The van der Waals surface area contributed by atoms with Crippen LogP contribution in [-0.2, 0) is 20.7 Å². The molecule has 0 bridgehead atoms. The summed E-state index contributed by atoms with van der Waals surface area (Å²) in [6.07, 6.45) is 3.78. The summed E-state index contributed by atoms with van der Waals surface area (Å²) in [6.45, 7) is 13.3. The maximum atomic E-state index is 12.7. The van der Waals surface area contributed by atoms with Crippen LogP contribution in [0.4, 0.5) is 11.4 Å². The van der Waals surface area contributed by atoms with Crippen LogP contribution in [0.5, 0.6) is 5.75 Å². The monoisotopic (exact) mass is 555 g/mol. The smallest absolute Gasteiger partial charge is 0.313 e. The first-order chi connectivity index (χ1) is 18.7. The van der Waals surface area contributed by atoms with E-state index in [1.54, 1.807) is 4.90 Å². The normalized spacial score (nSPS) is 16.3. The molecule has 0 saturated carbocycles. The zero-order valence-electron chi connectivity index (χ0n) is 23.8. The van der Waals surface area contributed by atoms with Crippen molar-refractivity contribution in [1.29, 1.82) is 0 Å². The molecule has 0 unspecified atom stereocenters. The predicted molar refractivity (Wildman–Crippen MR) is 157 cm³/mol. The number of ether oxygens (including phenoxy) is 2. The Hall–Kier alpha value is -2.77. The van der Waals surface area contributed by atoms with Gasteiger partial charge in [-0.1, -0.05) is 36.7 Å². The third-order valence-corrected chi connectivity index (χ3v) is 8.53. The minimum atomic E-state index is -0.574. The van der Waals surface area contributed by atoms with Crippen LogP contribution in [0.3, 0.4) is 0 Å². The first-order valence-corrected chi connectivity index (χ1v) is 14.5. The SMILES string of the molecule is CCC(C)(C)C(=O)OCN1C(=O)CCc2ccc(OCCCCN3CCN(c4cccc(C)c4Cl)CC3)cc21. The Balaban J connectivity index is 1.22. The molecule has 4 rings (SSSR count). The number of aryl methyl sites for hydroxylation is 2. The van der Waals surface area contributed by atoms with E-state index in [1.807, 2.05) is 39.0 Å². The highest BCUT2D eigenvalue weighted by Gasteiger charge is 2.30. The lowest BCUT2D eigenvalue weighted by atomic mass is 9.91. The van der Waals surface area contributed by atoms with Crippen molar-refractivity contribution in [2.24, 2.45) is 5.41 Å². The van der Waals surface area contributed by atoms with Crippen LogP contribution in [-0.4, -0.2) is 62.8 Å². The topological polar surface area (TPSA) is 62.3 Å². The van der Waals surface area contributed by atoms with E-state index in [2.05, 4.69) is 34.9 Å². The van der Waals surface area contributed by atoms with Gasteiger partial charge in [-0.25, -0.2) is 0 Å². The fourth-order valence-electron chi connectivity index (χ4n) is 4.93. The molecule has 2 aliphatic rings. The van der Waals surface area contributed by atoms with E-state index in [-0.39, 0.29) is 18.6 Å². The van der Waals surface area contributed by atoms with E-state index in [4.69, 9.17) is 21.1 Å². The molecule has 2 aliphatic heterocycles. The highest BCUT2D eigenvalue weighted by atomic mass is 35.5. The molecule has 0 aliphatic carbocycles. The standard InChI is InChI=1S/C31H42ClN3O4/c1-5-31(3,4)30(37)39-22-35-27-21-25(13-11-24(27)12-14-28(35)36)38-20-7-6-15-33-16-18-34(19-17-33)26-10-8-9-23(2)29(26)32/h8-11,13,21H,5-7,12,14-20,22H2,1-4H3. The Bertz CT molecular complexity index is 1160. The van der Waals surface area contributed by atoms with Crippen LogP contribution >= 0.6 is 11.6 Å². The van der Waals surface area contributed by atoms with Crippen LogP contribution in [0, 0.1) is 12.3 Å². The molecule has 0 N–H and O–H groups in total. The second-order valence-electron chi connectivity index (χ2n) is 11.2. The number of halogens is 1. The van der Waals surface area contributed by atoms with Gasteiger partial charge in [-0.2, -0.15) is 0 Å². The maximum absolute atomic E-state index is 12.7. The number of benzene rings is 2. The van der Waals surface area contributed by atoms with Gasteiger partial charge in [-0.15, -0.1) is 0 Å². The lowest BCUT2D eigenvalue weighted by Gasteiger charge is -2.36. The number of carbonyl (C=O) groups is 2. The van der Waals surface area contributed by atoms with Gasteiger partial charge in [-0.05, 0) is 76.3 Å². The van der Waals surface area contributed by atoms with Gasteiger partial charge in [0, 0.05) is 38.7 Å². The Morgan fingerprint density at radius 3 is 2.54 bits per heavy atom. The molecule has 0 atom stereocenters. The van der Waals surface area contributed by atoms with Gasteiger partial charge >= 0.3 is 5.97 Å². The third kappa shape index (κ3) is 7.25. The van der Waals surface area contributed by atoms with Crippen molar-refractivity contribution < 1.29 is 19.1 Å². The van der Waals surface area contributed by atoms with Gasteiger partial charge < -0.3 is 14.4 Å². The summed E-state index contributed by atoms with van der Waals surface area (Å²) in [4.78, 5) is 31.6. The first-order valence-electron chi connectivity index (χ1n) is 14.2. The highest BCUT2D eigenvalue weighted by molar-refractivity contribution is 6.34. The fraction of sp³-hybridized carbons (Fsp3) is 0.548. The molecule has 0 radical (unpaired) electrons. The molecule has 1 amide bonds. The zero-order valence-corrected chi connectivity index (χ0v) is 24.6. The highest BCUT2D eigenvalue weighted by Crippen LogP contribution is 2.33. The van der Waals surface area contributed by atoms with Gasteiger partial charge in [0.25, 0.3) is 0 Å². The minimum absolute atomic E-state index is 0.0356. The van der Waals surface area contributed by atoms with E-state index in [0.717, 1.165) is 78.8 Å². The number of hydrogen-bond acceptors (Lipinski definition) is 6. The average molecular weight is 556 g/mol.